The van der Waals surface area contributed by atoms with Gasteiger partial charge in [0.05, 0.1) is 6.54 Å². The number of hydrogen-bond acceptors (Lipinski definition) is 6. The molecule has 144 valence electrons. The molecule has 0 spiro atoms. The largest absolute Gasteiger partial charge is 0.465 e. The number of H-pyrrole nitrogens is 1. The van der Waals surface area contributed by atoms with Gasteiger partial charge in [0.25, 0.3) is 5.89 Å². The molecule has 27 heavy (non-hydrogen) atoms. The number of aromatic amines is 1. The molecule has 0 saturated heterocycles. The maximum atomic E-state index is 12.8. The first-order chi connectivity index (χ1) is 12.8. The predicted molar refractivity (Wildman–Crippen MR) is 97.6 cm³/mol. The van der Waals surface area contributed by atoms with Crippen molar-refractivity contribution < 1.29 is 17.3 Å². The number of aryl methyl sites for hydroxylation is 2. The number of aromatic nitrogens is 3. The highest BCUT2D eigenvalue weighted by Gasteiger charge is 2.29. The van der Waals surface area contributed by atoms with E-state index in [1.54, 1.807) is 26.0 Å². The lowest BCUT2D eigenvalue weighted by Gasteiger charge is -2.20. The summed E-state index contributed by atoms with van der Waals surface area (Å²) in [6, 6.07) is 3.55. The van der Waals surface area contributed by atoms with Crippen LogP contribution in [0.3, 0.4) is 0 Å². The zero-order valence-corrected chi connectivity index (χ0v) is 16.3. The topological polar surface area (TPSA) is 114 Å². The third-order valence-electron chi connectivity index (χ3n) is 4.98. The number of rotatable bonds is 6. The molecule has 3 heterocycles. The second-order valence-corrected chi connectivity index (χ2v) is 8.69. The number of nitrogens with zero attached hydrogens (tertiary/aromatic N) is 2. The summed E-state index contributed by atoms with van der Waals surface area (Å²) >= 11 is 0. The van der Waals surface area contributed by atoms with Crippen LogP contribution in [0.4, 0.5) is 0 Å². The predicted octanol–water partition coefficient (Wildman–Crippen LogP) is 3.33. The van der Waals surface area contributed by atoms with Gasteiger partial charge in [-0.1, -0.05) is 6.42 Å². The molecule has 1 aliphatic rings. The summed E-state index contributed by atoms with van der Waals surface area (Å²) in [5.74, 6) is 2.56. The fourth-order valence-corrected chi connectivity index (χ4v) is 4.76. The maximum absolute atomic E-state index is 12.8. The zero-order chi connectivity index (χ0) is 19.2. The zero-order valence-electron chi connectivity index (χ0n) is 15.5. The van der Waals surface area contributed by atoms with Crippen LogP contribution in [0.15, 0.2) is 25.9 Å². The fraction of sp³-hybridized carbons (Fsp3) is 0.444. The maximum Gasteiger partial charge on any atom is 0.264 e. The van der Waals surface area contributed by atoms with Gasteiger partial charge < -0.3 is 13.8 Å². The van der Waals surface area contributed by atoms with Gasteiger partial charge in [0.15, 0.2) is 0 Å². The van der Waals surface area contributed by atoms with Gasteiger partial charge in [0, 0.05) is 11.6 Å². The van der Waals surface area contributed by atoms with E-state index in [9.17, 15) is 8.42 Å². The fourth-order valence-electron chi connectivity index (χ4n) is 3.32. The molecule has 0 unspecified atom stereocenters. The molecule has 0 aliphatic heterocycles. The third kappa shape index (κ3) is 3.32. The lowest BCUT2D eigenvalue weighted by molar-refractivity contribution is 0.338. The minimum atomic E-state index is -3.73. The van der Waals surface area contributed by atoms with E-state index in [1.165, 1.54) is 6.42 Å². The van der Waals surface area contributed by atoms with Crippen LogP contribution in [0.25, 0.3) is 11.6 Å². The van der Waals surface area contributed by atoms with E-state index in [2.05, 4.69) is 19.9 Å². The van der Waals surface area contributed by atoms with Crippen LogP contribution in [0.2, 0.25) is 0 Å². The first-order valence-electron chi connectivity index (χ1n) is 8.93. The molecule has 0 radical (unpaired) electrons. The van der Waals surface area contributed by atoms with E-state index < -0.39 is 10.0 Å². The van der Waals surface area contributed by atoms with Crippen molar-refractivity contribution in [2.45, 2.75) is 57.4 Å². The van der Waals surface area contributed by atoms with Gasteiger partial charge in [0.1, 0.15) is 22.1 Å². The molecule has 3 aromatic rings. The Bertz CT molecular complexity index is 1070. The summed E-state index contributed by atoms with van der Waals surface area (Å²) in [6.45, 7) is 5.35. The van der Waals surface area contributed by atoms with Crippen molar-refractivity contribution in [1.82, 2.24) is 19.9 Å². The van der Waals surface area contributed by atoms with Crippen LogP contribution in [-0.2, 0) is 16.6 Å². The molecule has 9 heteroatoms. The monoisotopic (exact) mass is 390 g/mol. The molecule has 2 N–H and O–H groups in total. The molecule has 0 amide bonds. The average molecular weight is 390 g/mol. The molecule has 0 bridgehead atoms. The van der Waals surface area contributed by atoms with Gasteiger partial charge in [-0.3, -0.25) is 0 Å². The van der Waals surface area contributed by atoms with Crippen LogP contribution >= 0.6 is 0 Å². The number of sulfonamides is 1. The number of hydrogen-bond donors (Lipinski definition) is 2. The second-order valence-electron chi connectivity index (χ2n) is 6.99. The highest BCUT2D eigenvalue weighted by atomic mass is 32.2. The van der Waals surface area contributed by atoms with Crippen LogP contribution < -0.4 is 4.72 Å². The Morgan fingerprint density at radius 3 is 2.59 bits per heavy atom. The smallest absolute Gasteiger partial charge is 0.264 e. The van der Waals surface area contributed by atoms with Crippen LogP contribution in [0, 0.1) is 20.8 Å². The molecule has 1 saturated carbocycles. The van der Waals surface area contributed by atoms with Crippen LogP contribution in [0.1, 0.15) is 53.8 Å². The van der Waals surface area contributed by atoms with Gasteiger partial charge in [0.2, 0.25) is 15.9 Å². The molecule has 1 aliphatic carbocycles. The summed E-state index contributed by atoms with van der Waals surface area (Å²) in [7, 11) is -3.73. The van der Waals surface area contributed by atoms with Gasteiger partial charge in [-0.15, -0.1) is 10.2 Å². The highest BCUT2D eigenvalue weighted by Crippen LogP contribution is 2.37. The Morgan fingerprint density at radius 1 is 1.19 bits per heavy atom. The van der Waals surface area contributed by atoms with Gasteiger partial charge in [-0.05, 0) is 51.3 Å². The normalized spacial score (nSPS) is 15.2. The van der Waals surface area contributed by atoms with Gasteiger partial charge in [-0.25, -0.2) is 13.1 Å². The van der Waals surface area contributed by atoms with Crippen molar-refractivity contribution in [2.75, 3.05) is 0 Å². The van der Waals surface area contributed by atoms with E-state index >= 15 is 0 Å². The summed E-state index contributed by atoms with van der Waals surface area (Å²) in [4.78, 5) is 3.29. The standard InChI is InChI=1S/C18H22N4O4S/c1-10-7-8-14(25-10)9-19-27(23,24)16-11(2)15(20-12(16)3)18-22-21-17(26-18)13-5-4-6-13/h7-8,13,19-20H,4-6,9H2,1-3H3. The van der Waals surface area contributed by atoms with E-state index in [4.69, 9.17) is 8.83 Å². The Morgan fingerprint density at radius 2 is 1.96 bits per heavy atom. The molecular formula is C18H22N4O4S. The molecule has 4 rings (SSSR count). The third-order valence-corrected chi connectivity index (χ3v) is 6.65. The highest BCUT2D eigenvalue weighted by molar-refractivity contribution is 7.89. The molecule has 3 aromatic heterocycles. The summed E-state index contributed by atoms with van der Waals surface area (Å²) in [5, 5.41) is 8.23. The van der Waals surface area contributed by atoms with Crippen molar-refractivity contribution in [3.05, 3.63) is 40.8 Å². The number of nitrogens with one attached hydrogen (secondary N) is 2. The minimum absolute atomic E-state index is 0.0853. The van der Waals surface area contributed by atoms with E-state index in [0.717, 1.165) is 18.6 Å². The molecular weight excluding hydrogens is 368 g/mol. The lowest BCUT2D eigenvalue weighted by Crippen LogP contribution is -2.24. The SMILES string of the molecule is Cc1ccc(CNS(=O)(=O)c2c(C)[nH]c(-c3nnc(C4CCC4)o3)c2C)o1. The molecule has 0 atom stereocenters. The van der Waals surface area contributed by atoms with Gasteiger partial charge >= 0.3 is 0 Å². The Balaban J connectivity index is 1.60. The Kier molecular flexibility index (Phi) is 4.43. The summed E-state index contributed by atoms with van der Waals surface area (Å²) in [6.07, 6.45) is 3.28. The second kappa shape index (κ2) is 6.65. The molecule has 0 aromatic carbocycles. The Hall–Kier alpha value is -2.39. The average Bonchev–Trinajstić information content (AvgIpc) is 3.24. The van der Waals surface area contributed by atoms with E-state index in [-0.39, 0.29) is 11.4 Å². The summed E-state index contributed by atoms with van der Waals surface area (Å²) in [5.41, 5.74) is 1.62. The Labute approximate surface area is 157 Å². The minimum Gasteiger partial charge on any atom is -0.465 e. The van der Waals surface area contributed by atoms with Crippen molar-refractivity contribution >= 4 is 10.0 Å². The van der Waals surface area contributed by atoms with E-state index in [1.807, 2.05) is 6.92 Å². The van der Waals surface area contributed by atoms with Crippen molar-refractivity contribution in [2.24, 2.45) is 0 Å². The van der Waals surface area contributed by atoms with Crippen LogP contribution in [0.5, 0.6) is 0 Å². The molecule has 1 fully saturated rings. The molecule has 8 nitrogen and oxygen atoms in total. The first-order valence-corrected chi connectivity index (χ1v) is 10.4. The van der Waals surface area contributed by atoms with Crippen LogP contribution in [-0.4, -0.2) is 23.6 Å². The van der Waals surface area contributed by atoms with Crippen molar-refractivity contribution in [1.29, 1.82) is 0 Å². The van der Waals surface area contributed by atoms with Crippen molar-refractivity contribution in [3.63, 3.8) is 0 Å². The van der Waals surface area contributed by atoms with Gasteiger partial charge in [-0.2, -0.15) is 0 Å². The van der Waals surface area contributed by atoms with Crippen molar-refractivity contribution in [3.8, 4) is 11.6 Å². The summed E-state index contributed by atoms with van der Waals surface area (Å²) < 4.78 is 39.4. The quantitative estimate of drug-likeness (QED) is 0.667. The number of furan rings is 1. The lowest BCUT2D eigenvalue weighted by atomic mass is 9.85. The first kappa shape index (κ1) is 18.0. The van der Waals surface area contributed by atoms with E-state index in [0.29, 0.717) is 40.4 Å².